The number of hydrogen-bond donors (Lipinski definition) is 1. The lowest BCUT2D eigenvalue weighted by atomic mass is 10.2. The van der Waals surface area contributed by atoms with Crippen molar-refractivity contribution in [1.82, 2.24) is 5.32 Å². The molecule has 0 spiro atoms. The summed E-state index contributed by atoms with van der Waals surface area (Å²) in [5.41, 5.74) is 0.437. The molecule has 0 unspecified atom stereocenters. The van der Waals surface area contributed by atoms with E-state index in [0.29, 0.717) is 5.56 Å². The second-order valence-corrected chi connectivity index (χ2v) is 3.22. The van der Waals surface area contributed by atoms with Crippen molar-refractivity contribution >= 4 is 0 Å². The Kier molecular flexibility index (Phi) is 4.68. The SMILES string of the molecule is FC(F)CNCc1cccc(OC(F)(F)F)c1. The van der Waals surface area contributed by atoms with Crippen LogP contribution >= 0.6 is 0 Å². The molecule has 96 valence electrons. The highest BCUT2D eigenvalue weighted by Crippen LogP contribution is 2.23. The van der Waals surface area contributed by atoms with Gasteiger partial charge >= 0.3 is 6.36 Å². The fourth-order valence-electron chi connectivity index (χ4n) is 1.18. The second-order valence-electron chi connectivity index (χ2n) is 3.22. The van der Waals surface area contributed by atoms with Crippen LogP contribution in [0.5, 0.6) is 5.75 Å². The standard InChI is InChI=1S/C10H10F5NO/c11-9(12)6-16-5-7-2-1-3-8(4-7)17-10(13,14)15/h1-4,9,16H,5-6H2. The van der Waals surface area contributed by atoms with Gasteiger partial charge in [-0.1, -0.05) is 12.1 Å². The number of benzene rings is 1. The van der Waals surface area contributed by atoms with Crippen molar-refractivity contribution in [2.24, 2.45) is 0 Å². The van der Waals surface area contributed by atoms with Gasteiger partial charge in [0.2, 0.25) is 0 Å². The Morgan fingerprint density at radius 3 is 2.53 bits per heavy atom. The summed E-state index contributed by atoms with van der Waals surface area (Å²) in [7, 11) is 0. The second kappa shape index (κ2) is 5.81. The van der Waals surface area contributed by atoms with E-state index in [1.54, 1.807) is 0 Å². The third-order valence-electron chi connectivity index (χ3n) is 1.76. The molecule has 0 bridgehead atoms. The van der Waals surface area contributed by atoms with Crippen LogP contribution in [0, 0.1) is 0 Å². The first-order valence-corrected chi connectivity index (χ1v) is 4.70. The Balaban J connectivity index is 2.54. The Morgan fingerprint density at radius 1 is 1.24 bits per heavy atom. The zero-order chi connectivity index (χ0) is 12.9. The summed E-state index contributed by atoms with van der Waals surface area (Å²) < 4.78 is 63.0. The fraction of sp³-hybridized carbons (Fsp3) is 0.400. The van der Waals surface area contributed by atoms with E-state index < -0.39 is 19.3 Å². The molecule has 0 aliphatic heterocycles. The van der Waals surface area contributed by atoms with Crippen LogP contribution in [-0.4, -0.2) is 19.3 Å². The quantitative estimate of drug-likeness (QED) is 0.817. The number of ether oxygens (including phenoxy) is 1. The Bertz CT molecular complexity index is 353. The van der Waals surface area contributed by atoms with Crippen molar-refractivity contribution in [3.8, 4) is 5.75 Å². The molecule has 0 amide bonds. The van der Waals surface area contributed by atoms with E-state index in [1.807, 2.05) is 0 Å². The highest BCUT2D eigenvalue weighted by atomic mass is 19.4. The Labute approximate surface area is 94.4 Å². The van der Waals surface area contributed by atoms with Crippen molar-refractivity contribution in [3.05, 3.63) is 29.8 Å². The number of nitrogens with one attached hydrogen (secondary N) is 1. The molecule has 1 aromatic rings. The molecule has 0 saturated carbocycles. The summed E-state index contributed by atoms with van der Waals surface area (Å²) in [5.74, 6) is -0.367. The van der Waals surface area contributed by atoms with Crippen LogP contribution in [0.1, 0.15) is 5.56 Å². The molecule has 1 N–H and O–H groups in total. The lowest BCUT2D eigenvalue weighted by Gasteiger charge is -2.10. The zero-order valence-electron chi connectivity index (χ0n) is 8.60. The lowest BCUT2D eigenvalue weighted by molar-refractivity contribution is -0.274. The van der Waals surface area contributed by atoms with Crippen molar-refractivity contribution in [2.75, 3.05) is 6.54 Å². The monoisotopic (exact) mass is 255 g/mol. The van der Waals surface area contributed by atoms with E-state index in [2.05, 4.69) is 10.1 Å². The van der Waals surface area contributed by atoms with Gasteiger partial charge in [-0.15, -0.1) is 13.2 Å². The Morgan fingerprint density at radius 2 is 1.94 bits per heavy atom. The molecule has 0 aliphatic rings. The van der Waals surface area contributed by atoms with Gasteiger partial charge in [0, 0.05) is 6.54 Å². The molecular formula is C10H10F5NO. The Hall–Kier alpha value is -1.37. The van der Waals surface area contributed by atoms with Gasteiger partial charge in [-0.3, -0.25) is 0 Å². The van der Waals surface area contributed by atoms with Crippen LogP contribution in [0.4, 0.5) is 22.0 Å². The summed E-state index contributed by atoms with van der Waals surface area (Å²) in [6, 6.07) is 5.16. The lowest BCUT2D eigenvalue weighted by Crippen LogP contribution is -2.21. The number of alkyl halides is 5. The molecule has 1 aromatic carbocycles. The molecule has 0 atom stereocenters. The predicted octanol–water partition coefficient (Wildman–Crippen LogP) is 2.94. The molecule has 17 heavy (non-hydrogen) atoms. The van der Waals surface area contributed by atoms with Gasteiger partial charge in [0.25, 0.3) is 6.43 Å². The van der Waals surface area contributed by atoms with E-state index in [9.17, 15) is 22.0 Å². The molecule has 0 saturated heterocycles. The largest absolute Gasteiger partial charge is 0.573 e. The molecule has 0 fully saturated rings. The number of halogens is 5. The maximum Gasteiger partial charge on any atom is 0.573 e. The molecule has 7 heteroatoms. The van der Waals surface area contributed by atoms with E-state index >= 15 is 0 Å². The van der Waals surface area contributed by atoms with E-state index in [1.165, 1.54) is 12.1 Å². The van der Waals surface area contributed by atoms with Crippen molar-refractivity contribution in [2.45, 2.75) is 19.3 Å². The highest BCUT2D eigenvalue weighted by Gasteiger charge is 2.31. The first-order valence-electron chi connectivity index (χ1n) is 4.70. The third kappa shape index (κ3) is 6.06. The van der Waals surface area contributed by atoms with Crippen molar-refractivity contribution < 1.29 is 26.7 Å². The van der Waals surface area contributed by atoms with E-state index in [-0.39, 0.29) is 12.3 Å². The molecule has 1 rings (SSSR count). The minimum Gasteiger partial charge on any atom is -0.406 e. The van der Waals surface area contributed by atoms with Gasteiger partial charge in [-0.25, -0.2) is 8.78 Å². The average Bonchev–Trinajstić information content (AvgIpc) is 2.14. The molecule has 2 nitrogen and oxygen atoms in total. The van der Waals surface area contributed by atoms with Crippen LogP contribution in [-0.2, 0) is 6.54 Å². The van der Waals surface area contributed by atoms with Crippen molar-refractivity contribution in [1.29, 1.82) is 0 Å². The fourth-order valence-corrected chi connectivity index (χ4v) is 1.18. The van der Waals surface area contributed by atoms with Gasteiger partial charge in [0.05, 0.1) is 6.54 Å². The number of hydrogen-bond acceptors (Lipinski definition) is 2. The summed E-state index contributed by atoms with van der Waals surface area (Å²) in [5, 5.41) is 2.40. The minimum absolute atomic E-state index is 0.0550. The van der Waals surface area contributed by atoms with E-state index in [4.69, 9.17) is 0 Å². The van der Waals surface area contributed by atoms with Gasteiger partial charge in [-0.05, 0) is 17.7 Å². The number of rotatable bonds is 5. The van der Waals surface area contributed by atoms with Gasteiger partial charge in [-0.2, -0.15) is 0 Å². The first kappa shape index (κ1) is 13.7. The van der Waals surface area contributed by atoms with Gasteiger partial charge in [0.1, 0.15) is 5.75 Å². The topological polar surface area (TPSA) is 21.3 Å². The van der Waals surface area contributed by atoms with Crippen LogP contribution < -0.4 is 10.1 Å². The smallest absolute Gasteiger partial charge is 0.406 e. The molecule has 0 aromatic heterocycles. The van der Waals surface area contributed by atoms with Crippen LogP contribution in [0.25, 0.3) is 0 Å². The average molecular weight is 255 g/mol. The summed E-state index contributed by atoms with van der Waals surface area (Å²) in [4.78, 5) is 0. The molecular weight excluding hydrogens is 245 g/mol. The third-order valence-corrected chi connectivity index (χ3v) is 1.76. The zero-order valence-corrected chi connectivity index (χ0v) is 8.60. The summed E-state index contributed by atoms with van der Waals surface area (Å²) >= 11 is 0. The highest BCUT2D eigenvalue weighted by molar-refractivity contribution is 5.28. The maximum absolute atomic E-state index is 11.9. The molecule has 0 radical (unpaired) electrons. The minimum atomic E-state index is -4.75. The maximum atomic E-state index is 11.9. The van der Waals surface area contributed by atoms with Gasteiger partial charge in [0.15, 0.2) is 0 Å². The van der Waals surface area contributed by atoms with Crippen LogP contribution in [0.15, 0.2) is 24.3 Å². The molecule has 0 heterocycles. The van der Waals surface area contributed by atoms with Crippen molar-refractivity contribution in [3.63, 3.8) is 0 Å². The van der Waals surface area contributed by atoms with E-state index in [0.717, 1.165) is 12.1 Å². The van der Waals surface area contributed by atoms with Gasteiger partial charge < -0.3 is 10.1 Å². The molecule has 0 aliphatic carbocycles. The normalized spacial score (nSPS) is 11.9. The van der Waals surface area contributed by atoms with Crippen LogP contribution in [0.2, 0.25) is 0 Å². The summed E-state index contributed by atoms with van der Waals surface area (Å²) in [6.07, 6.45) is -7.25. The summed E-state index contributed by atoms with van der Waals surface area (Å²) in [6.45, 7) is -0.455. The first-order chi connectivity index (χ1) is 7.87. The predicted molar refractivity (Wildman–Crippen MR) is 50.8 cm³/mol. The van der Waals surface area contributed by atoms with Crippen LogP contribution in [0.3, 0.4) is 0 Å².